The Labute approximate surface area is 103 Å². The van der Waals surface area contributed by atoms with E-state index in [9.17, 15) is 4.79 Å². The average molecular weight is 244 g/mol. The molecule has 2 nitrogen and oxygen atoms in total. The molecule has 0 spiro atoms. The van der Waals surface area contributed by atoms with Gasteiger partial charge < -0.3 is 4.90 Å². The van der Waals surface area contributed by atoms with Gasteiger partial charge in [-0.1, -0.05) is 19.3 Å². The van der Waals surface area contributed by atoms with E-state index in [1.165, 1.54) is 32.1 Å². The number of carbonyl (C=O) groups is 1. The van der Waals surface area contributed by atoms with Crippen molar-refractivity contribution in [1.29, 1.82) is 0 Å². The molecule has 0 aromatic carbocycles. The standard InChI is InChI=1S/C13H22ClNO/c14-9-12-6-7-15(10-12)13(16)8-11-4-2-1-3-5-11/h11-12H,1-10H2. The number of amides is 1. The van der Waals surface area contributed by atoms with Crippen LogP contribution >= 0.6 is 11.6 Å². The number of likely N-dealkylation sites (tertiary alicyclic amines) is 1. The molecule has 0 bridgehead atoms. The summed E-state index contributed by atoms with van der Waals surface area (Å²) in [5.41, 5.74) is 0. The van der Waals surface area contributed by atoms with E-state index in [4.69, 9.17) is 11.6 Å². The Morgan fingerprint density at radius 1 is 1.12 bits per heavy atom. The topological polar surface area (TPSA) is 20.3 Å². The van der Waals surface area contributed by atoms with Gasteiger partial charge in [0.15, 0.2) is 0 Å². The van der Waals surface area contributed by atoms with Crippen molar-refractivity contribution in [2.75, 3.05) is 19.0 Å². The third-order valence-corrected chi connectivity index (χ3v) is 4.48. The van der Waals surface area contributed by atoms with Crippen LogP contribution in [0.4, 0.5) is 0 Å². The van der Waals surface area contributed by atoms with E-state index in [0.717, 1.165) is 25.9 Å². The van der Waals surface area contributed by atoms with Crippen molar-refractivity contribution in [1.82, 2.24) is 4.90 Å². The maximum atomic E-state index is 12.1. The van der Waals surface area contributed by atoms with Crippen molar-refractivity contribution >= 4 is 17.5 Å². The summed E-state index contributed by atoms with van der Waals surface area (Å²) in [5.74, 6) is 2.28. The quantitative estimate of drug-likeness (QED) is 0.698. The zero-order valence-electron chi connectivity index (χ0n) is 9.96. The first kappa shape index (κ1) is 12.2. The normalized spacial score (nSPS) is 27.3. The molecular weight excluding hydrogens is 222 g/mol. The summed E-state index contributed by atoms with van der Waals surface area (Å²) >= 11 is 5.83. The minimum atomic E-state index is 0.375. The third-order valence-electron chi connectivity index (χ3n) is 4.04. The Balaban J connectivity index is 1.75. The monoisotopic (exact) mass is 243 g/mol. The highest BCUT2D eigenvalue weighted by Crippen LogP contribution is 2.28. The number of hydrogen-bond donors (Lipinski definition) is 0. The highest BCUT2D eigenvalue weighted by molar-refractivity contribution is 6.18. The van der Waals surface area contributed by atoms with Crippen LogP contribution in [-0.4, -0.2) is 29.8 Å². The van der Waals surface area contributed by atoms with Crippen LogP contribution in [0.15, 0.2) is 0 Å². The maximum Gasteiger partial charge on any atom is 0.222 e. The van der Waals surface area contributed by atoms with Crippen molar-refractivity contribution in [2.45, 2.75) is 44.9 Å². The number of hydrogen-bond acceptors (Lipinski definition) is 1. The molecule has 1 amide bonds. The molecule has 1 unspecified atom stereocenters. The third kappa shape index (κ3) is 3.13. The Morgan fingerprint density at radius 3 is 2.50 bits per heavy atom. The molecule has 0 aromatic heterocycles. The summed E-state index contributed by atoms with van der Waals surface area (Å²) in [4.78, 5) is 14.1. The lowest BCUT2D eigenvalue weighted by Gasteiger charge is -2.24. The van der Waals surface area contributed by atoms with E-state index in [1.807, 2.05) is 4.90 Å². The first-order valence-electron chi connectivity index (χ1n) is 6.63. The molecule has 2 rings (SSSR count). The summed E-state index contributed by atoms with van der Waals surface area (Å²) in [6.45, 7) is 1.83. The lowest BCUT2D eigenvalue weighted by Crippen LogP contribution is -2.30. The van der Waals surface area contributed by atoms with E-state index in [0.29, 0.717) is 23.6 Å². The Kier molecular flexibility index (Phi) is 4.51. The van der Waals surface area contributed by atoms with Gasteiger partial charge in [0, 0.05) is 25.4 Å². The van der Waals surface area contributed by atoms with Gasteiger partial charge in [0.2, 0.25) is 5.91 Å². The van der Waals surface area contributed by atoms with Crippen molar-refractivity contribution in [3.8, 4) is 0 Å². The highest BCUT2D eigenvalue weighted by atomic mass is 35.5. The summed E-state index contributed by atoms with van der Waals surface area (Å²) in [6, 6.07) is 0. The largest absolute Gasteiger partial charge is 0.342 e. The summed E-state index contributed by atoms with van der Waals surface area (Å²) in [6.07, 6.45) is 8.42. The molecule has 2 fully saturated rings. The Hall–Kier alpha value is -0.240. The molecule has 0 radical (unpaired) electrons. The van der Waals surface area contributed by atoms with Gasteiger partial charge in [-0.2, -0.15) is 0 Å². The van der Waals surface area contributed by atoms with Crippen LogP contribution in [-0.2, 0) is 4.79 Å². The van der Waals surface area contributed by atoms with E-state index in [1.54, 1.807) is 0 Å². The predicted molar refractivity (Wildman–Crippen MR) is 66.6 cm³/mol. The van der Waals surface area contributed by atoms with Crippen molar-refractivity contribution in [2.24, 2.45) is 11.8 Å². The van der Waals surface area contributed by atoms with Gasteiger partial charge in [-0.05, 0) is 31.1 Å². The zero-order chi connectivity index (χ0) is 11.4. The van der Waals surface area contributed by atoms with Gasteiger partial charge in [-0.15, -0.1) is 11.6 Å². The molecule has 1 aliphatic heterocycles. The van der Waals surface area contributed by atoms with Gasteiger partial charge in [0.05, 0.1) is 0 Å². The second kappa shape index (κ2) is 5.90. The Morgan fingerprint density at radius 2 is 1.88 bits per heavy atom. The number of halogens is 1. The molecule has 92 valence electrons. The van der Waals surface area contributed by atoms with E-state index in [2.05, 4.69) is 0 Å². The van der Waals surface area contributed by atoms with E-state index in [-0.39, 0.29) is 0 Å². The van der Waals surface area contributed by atoms with Gasteiger partial charge in [0.25, 0.3) is 0 Å². The minimum Gasteiger partial charge on any atom is -0.342 e. The van der Waals surface area contributed by atoms with Crippen LogP contribution in [0.25, 0.3) is 0 Å². The maximum absolute atomic E-state index is 12.1. The molecule has 0 N–H and O–H groups in total. The fourth-order valence-electron chi connectivity index (χ4n) is 2.95. The molecule has 1 atom stereocenters. The lowest BCUT2D eigenvalue weighted by atomic mass is 9.87. The molecule has 2 aliphatic rings. The van der Waals surface area contributed by atoms with Crippen LogP contribution in [0.2, 0.25) is 0 Å². The van der Waals surface area contributed by atoms with Gasteiger partial charge in [0.1, 0.15) is 0 Å². The van der Waals surface area contributed by atoms with Crippen molar-refractivity contribution in [3.05, 3.63) is 0 Å². The number of carbonyl (C=O) groups excluding carboxylic acids is 1. The van der Waals surface area contributed by atoms with Gasteiger partial charge >= 0.3 is 0 Å². The predicted octanol–water partition coefficient (Wildman–Crippen LogP) is 3.04. The molecule has 1 aliphatic carbocycles. The smallest absolute Gasteiger partial charge is 0.222 e. The lowest BCUT2D eigenvalue weighted by molar-refractivity contribution is -0.131. The molecular formula is C13H22ClNO. The zero-order valence-corrected chi connectivity index (χ0v) is 10.7. The van der Waals surface area contributed by atoms with Crippen molar-refractivity contribution in [3.63, 3.8) is 0 Å². The van der Waals surface area contributed by atoms with Gasteiger partial charge in [-0.3, -0.25) is 4.79 Å². The van der Waals surface area contributed by atoms with Gasteiger partial charge in [-0.25, -0.2) is 0 Å². The Bertz CT molecular complexity index is 238. The molecule has 1 saturated heterocycles. The van der Waals surface area contributed by atoms with Crippen LogP contribution in [0.1, 0.15) is 44.9 Å². The van der Waals surface area contributed by atoms with Crippen LogP contribution in [0.3, 0.4) is 0 Å². The van der Waals surface area contributed by atoms with E-state index >= 15 is 0 Å². The SMILES string of the molecule is O=C(CC1CCCCC1)N1CCC(CCl)C1. The van der Waals surface area contributed by atoms with Crippen LogP contribution < -0.4 is 0 Å². The summed E-state index contributed by atoms with van der Waals surface area (Å²) < 4.78 is 0. The molecule has 0 aromatic rings. The minimum absolute atomic E-state index is 0.375. The fourth-order valence-corrected chi connectivity index (χ4v) is 3.20. The number of alkyl halides is 1. The first-order chi connectivity index (χ1) is 7.79. The molecule has 1 heterocycles. The number of nitrogens with zero attached hydrogens (tertiary/aromatic N) is 1. The van der Waals surface area contributed by atoms with Crippen LogP contribution in [0.5, 0.6) is 0 Å². The van der Waals surface area contributed by atoms with Crippen LogP contribution in [0, 0.1) is 11.8 Å². The average Bonchev–Trinajstić information content (AvgIpc) is 2.79. The molecule has 3 heteroatoms. The number of rotatable bonds is 3. The summed E-state index contributed by atoms with van der Waals surface area (Å²) in [5, 5.41) is 0. The second-order valence-corrected chi connectivity index (χ2v) is 5.67. The first-order valence-corrected chi connectivity index (χ1v) is 7.17. The highest BCUT2D eigenvalue weighted by Gasteiger charge is 2.27. The molecule has 16 heavy (non-hydrogen) atoms. The summed E-state index contributed by atoms with van der Waals surface area (Å²) in [7, 11) is 0. The molecule has 1 saturated carbocycles. The van der Waals surface area contributed by atoms with E-state index < -0.39 is 0 Å². The van der Waals surface area contributed by atoms with Crippen molar-refractivity contribution < 1.29 is 4.79 Å². The second-order valence-electron chi connectivity index (χ2n) is 5.36. The fraction of sp³-hybridized carbons (Fsp3) is 0.923.